The smallest absolute Gasteiger partial charge is 0.162 e. The molecule has 0 saturated carbocycles. The number of para-hydroxylation sites is 1. The first-order chi connectivity index (χ1) is 8.22. The van der Waals surface area contributed by atoms with Gasteiger partial charge in [0.15, 0.2) is 5.75 Å². The second-order valence-electron chi connectivity index (χ2n) is 3.80. The van der Waals surface area contributed by atoms with Crippen LogP contribution in [0, 0.1) is 11.3 Å². The summed E-state index contributed by atoms with van der Waals surface area (Å²) in [5, 5.41) is 12.9. The van der Waals surface area contributed by atoms with E-state index in [1.54, 1.807) is 6.07 Å². The van der Waals surface area contributed by atoms with Gasteiger partial charge in [0.25, 0.3) is 0 Å². The van der Waals surface area contributed by atoms with Gasteiger partial charge in [-0.3, -0.25) is 5.01 Å². The number of halogens is 1. The molecule has 0 amide bonds. The molecule has 1 aromatic rings. The quantitative estimate of drug-likeness (QED) is 0.863. The fourth-order valence-electron chi connectivity index (χ4n) is 1.50. The summed E-state index contributed by atoms with van der Waals surface area (Å²) in [6.07, 6.45) is 1.93. The van der Waals surface area contributed by atoms with Crippen LogP contribution in [-0.2, 0) is 0 Å². The molecular formula is C12H14ClN3OS. The maximum absolute atomic E-state index is 9.11. The summed E-state index contributed by atoms with van der Waals surface area (Å²) in [6, 6.07) is 7.68. The van der Waals surface area contributed by atoms with Crippen molar-refractivity contribution in [1.29, 1.82) is 5.26 Å². The van der Waals surface area contributed by atoms with Gasteiger partial charge in [-0.25, -0.2) is 0 Å². The second kappa shape index (κ2) is 6.55. The molecule has 0 radical (unpaired) electrons. The van der Waals surface area contributed by atoms with E-state index in [0.717, 1.165) is 5.69 Å². The Bertz CT molecular complexity index is 485. The summed E-state index contributed by atoms with van der Waals surface area (Å²) in [6.45, 7) is 3.89. The fourth-order valence-corrected chi connectivity index (χ4v) is 2.02. The van der Waals surface area contributed by atoms with Crippen LogP contribution < -0.4 is 14.6 Å². The third-order valence-electron chi connectivity index (χ3n) is 2.16. The zero-order valence-electron chi connectivity index (χ0n) is 10.1. The lowest BCUT2D eigenvalue weighted by atomic mass is 10.2. The SMILES string of the molecule is CC(C)Oc1c(C#N)cccc1N1C=CSN1.Cl. The molecule has 18 heavy (non-hydrogen) atoms. The molecule has 0 saturated heterocycles. The Hall–Kier alpha value is -1.35. The number of rotatable bonds is 3. The first kappa shape index (κ1) is 14.7. The van der Waals surface area contributed by atoms with Gasteiger partial charge in [0, 0.05) is 11.6 Å². The molecule has 1 N–H and O–H groups in total. The summed E-state index contributed by atoms with van der Waals surface area (Å²) >= 11 is 1.47. The Morgan fingerprint density at radius 1 is 1.44 bits per heavy atom. The Morgan fingerprint density at radius 3 is 2.78 bits per heavy atom. The monoisotopic (exact) mass is 283 g/mol. The number of hydrazine groups is 1. The fraction of sp³-hybridized carbons (Fsp3) is 0.250. The third-order valence-corrected chi connectivity index (χ3v) is 2.72. The van der Waals surface area contributed by atoms with Crippen LogP contribution in [0.25, 0.3) is 0 Å². The lowest BCUT2D eigenvalue weighted by Crippen LogP contribution is -2.24. The van der Waals surface area contributed by atoms with E-state index in [-0.39, 0.29) is 18.5 Å². The molecule has 1 aliphatic rings. The zero-order valence-corrected chi connectivity index (χ0v) is 11.7. The van der Waals surface area contributed by atoms with Crippen molar-refractivity contribution in [2.45, 2.75) is 20.0 Å². The van der Waals surface area contributed by atoms with Gasteiger partial charge in [-0.05, 0) is 37.9 Å². The van der Waals surface area contributed by atoms with Gasteiger partial charge in [-0.15, -0.1) is 12.4 Å². The highest BCUT2D eigenvalue weighted by Gasteiger charge is 2.17. The minimum atomic E-state index is 0. The van der Waals surface area contributed by atoms with Crippen LogP contribution in [0.5, 0.6) is 5.75 Å². The van der Waals surface area contributed by atoms with E-state index >= 15 is 0 Å². The summed E-state index contributed by atoms with van der Waals surface area (Å²) in [7, 11) is 0. The zero-order chi connectivity index (χ0) is 12.3. The largest absolute Gasteiger partial charge is 0.487 e. The molecular weight excluding hydrogens is 270 g/mol. The number of hydrogen-bond acceptors (Lipinski definition) is 5. The third kappa shape index (κ3) is 3.10. The Morgan fingerprint density at radius 2 is 2.22 bits per heavy atom. The van der Waals surface area contributed by atoms with Crippen molar-refractivity contribution in [2.24, 2.45) is 0 Å². The van der Waals surface area contributed by atoms with Gasteiger partial charge in [-0.2, -0.15) is 10.1 Å². The highest BCUT2D eigenvalue weighted by Crippen LogP contribution is 2.34. The molecule has 0 fully saturated rings. The molecule has 6 heteroatoms. The number of anilines is 1. The van der Waals surface area contributed by atoms with Crippen molar-refractivity contribution in [3.63, 3.8) is 0 Å². The van der Waals surface area contributed by atoms with Crippen molar-refractivity contribution in [3.05, 3.63) is 35.4 Å². The Kier molecular flexibility index (Phi) is 5.35. The molecule has 1 heterocycles. The van der Waals surface area contributed by atoms with Gasteiger partial charge in [0.2, 0.25) is 0 Å². The number of nitrogens with zero attached hydrogens (tertiary/aromatic N) is 2. The van der Waals surface area contributed by atoms with Crippen molar-refractivity contribution in [1.82, 2.24) is 4.83 Å². The summed E-state index contributed by atoms with van der Waals surface area (Å²) in [4.78, 5) is 3.09. The molecule has 96 valence electrons. The van der Waals surface area contributed by atoms with Gasteiger partial charge >= 0.3 is 0 Å². The highest BCUT2D eigenvalue weighted by molar-refractivity contribution is 8.00. The van der Waals surface area contributed by atoms with Crippen LogP contribution in [0.2, 0.25) is 0 Å². The molecule has 0 bridgehead atoms. The molecule has 1 aromatic carbocycles. The van der Waals surface area contributed by atoms with Crippen LogP contribution in [-0.4, -0.2) is 6.10 Å². The van der Waals surface area contributed by atoms with Crippen molar-refractivity contribution >= 4 is 30.0 Å². The predicted molar refractivity (Wildman–Crippen MR) is 76.5 cm³/mol. The van der Waals surface area contributed by atoms with E-state index in [2.05, 4.69) is 10.9 Å². The lowest BCUT2D eigenvalue weighted by Gasteiger charge is -2.21. The number of nitrogens with one attached hydrogen (secondary N) is 1. The van der Waals surface area contributed by atoms with E-state index in [1.807, 2.05) is 42.6 Å². The Labute approximate surface area is 117 Å². The van der Waals surface area contributed by atoms with Gasteiger partial charge in [0.05, 0.1) is 11.7 Å². The van der Waals surface area contributed by atoms with Crippen LogP contribution in [0.4, 0.5) is 5.69 Å². The topological polar surface area (TPSA) is 48.3 Å². The van der Waals surface area contributed by atoms with Crippen LogP contribution >= 0.6 is 24.4 Å². The average molecular weight is 284 g/mol. The molecule has 0 aliphatic carbocycles. The molecule has 0 spiro atoms. The standard InChI is InChI=1S/C12H13N3OS.ClH/c1-9(2)16-12-10(8-13)4-3-5-11(12)15-6-7-17-14-15;/h3-7,9,14H,1-2H3;1H. The molecule has 0 atom stereocenters. The summed E-state index contributed by atoms with van der Waals surface area (Å²) in [5.74, 6) is 0.615. The number of hydrogen-bond donors (Lipinski definition) is 1. The lowest BCUT2D eigenvalue weighted by molar-refractivity contribution is 0.242. The minimum Gasteiger partial charge on any atom is -0.487 e. The van der Waals surface area contributed by atoms with Crippen molar-refractivity contribution in [2.75, 3.05) is 5.01 Å². The number of ether oxygens (including phenoxy) is 1. The molecule has 2 rings (SSSR count). The first-order valence-corrected chi connectivity index (χ1v) is 6.17. The molecule has 1 aliphatic heterocycles. The van der Waals surface area contributed by atoms with E-state index < -0.39 is 0 Å². The maximum atomic E-state index is 9.11. The van der Waals surface area contributed by atoms with Gasteiger partial charge in [-0.1, -0.05) is 6.07 Å². The number of benzene rings is 1. The predicted octanol–water partition coefficient (Wildman–Crippen LogP) is 3.21. The van der Waals surface area contributed by atoms with Crippen molar-refractivity contribution in [3.8, 4) is 11.8 Å². The van der Waals surface area contributed by atoms with Crippen LogP contribution in [0.1, 0.15) is 19.4 Å². The molecule has 0 unspecified atom stereocenters. The molecule has 4 nitrogen and oxygen atoms in total. The van der Waals surface area contributed by atoms with Crippen molar-refractivity contribution < 1.29 is 4.74 Å². The first-order valence-electron chi connectivity index (χ1n) is 5.29. The summed E-state index contributed by atoms with van der Waals surface area (Å²) < 4.78 is 5.73. The van der Waals surface area contributed by atoms with E-state index in [9.17, 15) is 0 Å². The van der Waals surface area contributed by atoms with E-state index in [4.69, 9.17) is 10.00 Å². The van der Waals surface area contributed by atoms with Crippen LogP contribution in [0.3, 0.4) is 0 Å². The van der Waals surface area contributed by atoms with Gasteiger partial charge < -0.3 is 4.74 Å². The normalized spacial score (nSPS) is 13.3. The number of nitriles is 1. The van der Waals surface area contributed by atoms with Gasteiger partial charge in [0.1, 0.15) is 11.8 Å². The van der Waals surface area contributed by atoms with E-state index in [1.165, 1.54) is 11.9 Å². The Balaban J connectivity index is 0.00000162. The van der Waals surface area contributed by atoms with E-state index in [0.29, 0.717) is 11.3 Å². The highest BCUT2D eigenvalue weighted by atomic mass is 35.5. The maximum Gasteiger partial charge on any atom is 0.162 e. The minimum absolute atomic E-state index is 0. The molecule has 0 aromatic heterocycles. The van der Waals surface area contributed by atoms with Crippen LogP contribution in [0.15, 0.2) is 29.8 Å². The summed E-state index contributed by atoms with van der Waals surface area (Å²) in [5.41, 5.74) is 1.39. The average Bonchev–Trinajstić information content (AvgIpc) is 2.82. The second-order valence-corrected chi connectivity index (χ2v) is 4.49.